The second kappa shape index (κ2) is 6.55. The Morgan fingerprint density at radius 2 is 2.05 bits per heavy atom. The molecule has 2 aromatic carbocycles. The molecule has 102 valence electrons. The Bertz CT molecular complexity index is 637. The summed E-state index contributed by atoms with van der Waals surface area (Å²) in [6.07, 6.45) is 0. The smallest absolute Gasteiger partial charge is 0.126 e. The third-order valence-electron chi connectivity index (χ3n) is 2.54. The summed E-state index contributed by atoms with van der Waals surface area (Å²) >= 11 is 0. The van der Waals surface area contributed by atoms with Crippen LogP contribution in [0.1, 0.15) is 5.56 Å². The van der Waals surface area contributed by atoms with E-state index in [2.05, 4.69) is 5.32 Å². The number of nitriles is 1. The molecule has 4 nitrogen and oxygen atoms in total. The molecule has 20 heavy (non-hydrogen) atoms. The van der Waals surface area contributed by atoms with Crippen molar-refractivity contribution in [1.82, 2.24) is 0 Å². The third kappa shape index (κ3) is 3.70. The van der Waals surface area contributed by atoms with Crippen LogP contribution in [-0.2, 0) is 0 Å². The number of nitrogens with two attached hydrogens (primary N) is 1. The molecule has 0 aromatic heterocycles. The summed E-state index contributed by atoms with van der Waals surface area (Å²) in [5.74, 6) is 0.222. The van der Waals surface area contributed by atoms with Crippen LogP contribution in [0.15, 0.2) is 42.5 Å². The van der Waals surface area contributed by atoms with Gasteiger partial charge in [-0.3, -0.25) is 0 Å². The van der Waals surface area contributed by atoms with Gasteiger partial charge in [-0.2, -0.15) is 5.26 Å². The zero-order valence-corrected chi connectivity index (χ0v) is 10.8. The van der Waals surface area contributed by atoms with E-state index < -0.39 is 5.82 Å². The fourth-order valence-corrected chi connectivity index (χ4v) is 1.73. The Hall–Kier alpha value is -2.58. The van der Waals surface area contributed by atoms with Gasteiger partial charge in [0.15, 0.2) is 0 Å². The van der Waals surface area contributed by atoms with Crippen molar-refractivity contribution in [1.29, 1.82) is 5.26 Å². The topological polar surface area (TPSA) is 71.1 Å². The second-order valence-electron chi connectivity index (χ2n) is 4.13. The van der Waals surface area contributed by atoms with E-state index in [1.807, 2.05) is 24.3 Å². The molecule has 2 aromatic rings. The highest BCUT2D eigenvalue weighted by Gasteiger charge is 2.02. The summed E-state index contributed by atoms with van der Waals surface area (Å²) < 4.78 is 18.7. The van der Waals surface area contributed by atoms with Gasteiger partial charge in [0.05, 0.1) is 11.6 Å². The largest absolute Gasteiger partial charge is 0.492 e. The lowest BCUT2D eigenvalue weighted by molar-refractivity contribution is 0.328. The van der Waals surface area contributed by atoms with Crippen LogP contribution in [-0.4, -0.2) is 13.2 Å². The van der Waals surface area contributed by atoms with Crippen LogP contribution in [0, 0.1) is 17.1 Å². The molecule has 5 heteroatoms. The zero-order chi connectivity index (χ0) is 14.4. The number of ether oxygens (including phenoxy) is 1. The number of halogens is 1. The fraction of sp³-hybridized carbons (Fsp3) is 0.133. The SMILES string of the molecule is N#Cc1cc(F)cc(Nc2cccc(OCCN)c2)c1. The summed E-state index contributed by atoms with van der Waals surface area (Å²) in [6.45, 7) is 0.870. The van der Waals surface area contributed by atoms with Gasteiger partial charge < -0.3 is 15.8 Å². The molecule has 2 rings (SSSR count). The first-order chi connectivity index (χ1) is 9.71. The maximum absolute atomic E-state index is 13.3. The number of hydrogen-bond acceptors (Lipinski definition) is 4. The van der Waals surface area contributed by atoms with E-state index >= 15 is 0 Å². The Morgan fingerprint density at radius 1 is 1.20 bits per heavy atom. The summed E-state index contributed by atoms with van der Waals surface area (Å²) in [5.41, 5.74) is 6.90. The minimum atomic E-state index is -0.456. The average molecular weight is 271 g/mol. The van der Waals surface area contributed by atoms with Crippen molar-refractivity contribution in [2.24, 2.45) is 5.73 Å². The molecule has 0 aliphatic rings. The van der Waals surface area contributed by atoms with Crippen molar-refractivity contribution >= 4 is 11.4 Å². The lowest BCUT2D eigenvalue weighted by atomic mass is 10.2. The van der Waals surface area contributed by atoms with E-state index in [-0.39, 0.29) is 5.56 Å². The van der Waals surface area contributed by atoms with E-state index in [9.17, 15) is 4.39 Å². The number of rotatable bonds is 5. The summed E-state index contributed by atoms with van der Waals surface area (Å²) in [4.78, 5) is 0. The molecule has 0 saturated heterocycles. The lowest BCUT2D eigenvalue weighted by Gasteiger charge is -2.09. The van der Waals surface area contributed by atoms with Gasteiger partial charge in [-0.25, -0.2) is 4.39 Å². The first kappa shape index (κ1) is 13.8. The van der Waals surface area contributed by atoms with Crippen LogP contribution in [0.3, 0.4) is 0 Å². The van der Waals surface area contributed by atoms with Gasteiger partial charge >= 0.3 is 0 Å². The molecular formula is C15H14FN3O. The summed E-state index contributed by atoms with van der Waals surface area (Å²) in [5, 5.41) is 11.9. The molecule has 3 N–H and O–H groups in total. The normalized spacial score (nSPS) is 9.85. The number of anilines is 2. The molecule has 0 radical (unpaired) electrons. The Kier molecular flexibility index (Phi) is 4.53. The van der Waals surface area contributed by atoms with Crippen molar-refractivity contribution in [3.63, 3.8) is 0 Å². The molecule has 0 bridgehead atoms. The standard InChI is InChI=1S/C15H14FN3O/c16-12-6-11(10-18)7-14(8-12)19-13-2-1-3-15(9-13)20-5-4-17/h1-3,6-9,19H,4-5,17H2. The molecule has 0 saturated carbocycles. The molecule has 0 amide bonds. The number of hydrogen-bond donors (Lipinski definition) is 2. The summed E-state index contributed by atoms with van der Waals surface area (Å²) in [6, 6.07) is 13.2. The molecule has 0 aliphatic heterocycles. The van der Waals surface area contributed by atoms with E-state index in [0.29, 0.717) is 24.6 Å². The van der Waals surface area contributed by atoms with Gasteiger partial charge in [-0.15, -0.1) is 0 Å². The highest BCUT2D eigenvalue weighted by molar-refractivity contribution is 5.62. The van der Waals surface area contributed by atoms with Crippen LogP contribution in [0.2, 0.25) is 0 Å². The highest BCUT2D eigenvalue weighted by Crippen LogP contribution is 2.22. The number of nitrogens with one attached hydrogen (secondary N) is 1. The lowest BCUT2D eigenvalue weighted by Crippen LogP contribution is -2.10. The first-order valence-corrected chi connectivity index (χ1v) is 6.12. The van der Waals surface area contributed by atoms with E-state index in [0.717, 1.165) is 5.69 Å². The monoisotopic (exact) mass is 271 g/mol. The fourth-order valence-electron chi connectivity index (χ4n) is 1.73. The van der Waals surface area contributed by atoms with Crippen molar-refractivity contribution in [3.8, 4) is 11.8 Å². The molecular weight excluding hydrogens is 257 g/mol. The molecule has 0 aliphatic carbocycles. The van der Waals surface area contributed by atoms with Crippen LogP contribution < -0.4 is 15.8 Å². The number of nitrogens with zero attached hydrogens (tertiary/aromatic N) is 1. The molecule has 0 unspecified atom stereocenters. The second-order valence-corrected chi connectivity index (χ2v) is 4.13. The van der Waals surface area contributed by atoms with Gasteiger partial charge in [0.1, 0.15) is 18.2 Å². The highest BCUT2D eigenvalue weighted by atomic mass is 19.1. The van der Waals surface area contributed by atoms with Crippen LogP contribution in [0.5, 0.6) is 5.75 Å². The van der Waals surface area contributed by atoms with E-state index in [1.54, 1.807) is 12.1 Å². The van der Waals surface area contributed by atoms with E-state index in [1.165, 1.54) is 12.1 Å². The summed E-state index contributed by atoms with van der Waals surface area (Å²) in [7, 11) is 0. The zero-order valence-electron chi connectivity index (χ0n) is 10.8. The van der Waals surface area contributed by atoms with Crippen LogP contribution in [0.25, 0.3) is 0 Å². The Labute approximate surface area is 116 Å². The van der Waals surface area contributed by atoms with Gasteiger partial charge in [0.25, 0.3) is 0 Å². The van der Waals surface area contributed by atoms with Crippen molar-refractivity contribution in [3.05, 3.63) is 53.8 Å². The minimum absolute atomic E-state index is 0.267. The van der Waals surface area contributed by atoms with E-state index in [4.69, 9.17) is 15.7 Å². The Morgan fingerprint density at radius 3 is 2.80 bits per heavy atom. The maximum Gasteiger partial charge on any atom is 0.126 e. The molecule has 0 heterocycles. The van der Waals surface area contributed by atoms with Crippen LogP contribution in [0.4, 0.5) is 15.8 Å². The van der Waals surface area contributed by atoms with Crippen molar-refractivity contribution in [2.45, 2.75) is 0 Å². The molecule has 0 atom stereocenters. The minimum Gasteiger partial charge on any atom is -0.492 e. The van der Waals surface area contributed by atoms with Gasteiger partial charge in [-0.1, -0.05) is 6.07 Å². The van der Waals surface area contributed by atoms with Crippen molar-refractivity contribution < 1.29 is 9.13 Å². The average Bonchev–Trinajstić information content (AvgIpc) is 2.45. The third-order valence-corrected chi connectivity index (χ3v) is 2.54. The quantitative estimate of drug-likeness (QED) is 0.877. The predicted molar refractivity (Wildman–Crippen MR) is 75.4 cm³/mol. The van der Waals surface area contributed by atoms with Gasteiger partial charge in [0.2, 0.25) is 0 Å². The molecule has 0 spiro atoms. The molecule has 0 fully saturated rings. The number of benzene rings is 2. The maximum atomic E-state index is 13.3. The van der Waals surface area contributed by atoms with Crippen molar-refractivity contribution in [2.75, 3.05) is 18.5 Å². The van der Waals surface area contributed by atoms with Crippen LogP contribution >= 0.6 is 0 Å². The first-order valence-electron chi connectivity index (χ1n) is 6.12. The van der Waals surface area contributed by atoms with Gasteiger partial charge in [0, 0.05) is 24.0 Å². The Balaban J connectivity index is 2.17. The van der Waals surface area contributed by atoms with Gasteiger partial charge in [-0.05, 0) is 30.3 Å². The predicted octanol–water partition coefficient (Wildman–Crippen LogP) is 2.78.